The summed E-state index contributed by atoms with van der Waals surface area (Å²) in [5.74, 6) is -0.786. The quantitative estimate of drug-likeness (QED) is 0.806. The van der Waals surface area contributed by atoms with Crippen LogP contribution in [0.25, 0.3) is 0 Å². The molecule has 1 amide bonds. The van der Waals surface area contributed by atoms with E-state index in [1.165, 1.54) is 6.07 Å². The molecule has 1 saturated heterocycles. The fraction of sp³-hybridized carbons (Fsp3) is 0.364. The summed E-state index contributed by atoms with van der Waals surface area (Å²) in [4.78, 5) is 11.9. The number of benzene rings is 1. The van der Waals surface area contributed by atoms with Crippen LogP contribution < -0.4 is 10.6 Å². The van der Waals surface area contributed by atoms with Gasteiger partial charge in [0.2, 0.25) is 0 Å². The monoisotopic (exact) mass is 334 g/mol. The van der Waals surface area contributed by atoms with Crippen molar-refractivity contribution in [3.8, 4) is 0 Å². The molecule has 5 heteroatoms. The first-order valence-electron chi connectivity index (χ1n) is 5.14. The van der Waals surface area contributed by atoms with E-state index in [1.807, 2.05) is 22.6 Å². The molecule has 0 aliphatic carbocycles. The fourth-order valence-corrected chi connectivity index (χ4v) is 2.46. The molecule has 1 aliphatic rings. The molecule has 1 unspecified atom stereocenters. The van der Waals surface area contributed by atoms with Crippen molar-refractivity contribution in [3.63, 3.8) is 0 Å². The highest BCUT2D eigenvalue weighted by Gasteiger charge is 2.21. The average Bonchev–Trinajstić information content (AvgIpc) is 2.70. The lowest BCUT2D eigenvalue weighted by Gasteiger charge is -2.12. The summed E-state index contributed by atoms with van der Waals surface area (Å²) in [6.45, 7) is 1.66. The smallest absolute Gasteiger partial charge is 0.255 e. The van der Waals surface area contributed by atoms with E-state index < -0.39 is 5.82 Å². The maximum absolute atomic E-state index is 13.5. The number of nitrogens with one attached hydrogen (secondary N) is 2. The topological polar surface area (TPSA) is 41.1 Å². The molecule has 0 aromatic heterocycles. The number of halogens is 2. The van der Waals surface area contributed by atoms with Crippen molar-refractivity contribution in [1.29, 1.82) is 0 Å². The lowest BCUT2D eigenvalue weighted by molar-refractivity contribution is 0.0935. The van der Waals surface area contributed by atoms with Crippen LogP contribution in [0.3, 0.4) is 0 Å². The summed E-state index contributed by atoms with van der Waals surface area (Å²) in [5.41, 5.74) is 0.148. The van der Waals surface area contributed by atoms with Crippen molar-refractivity contribution in [1.82, 2.24) is 10.6 Å². The predicted molar refractivity (Wildman–Crippen MR) is 67.9 cm³/mol. The molecule has 2 rings (SSSR count). The van der Waals surface area contributed by atoms with Crippen molar-refractivity contribution in [2.75, 3.05) is 13.1 Å². The molecule has 0 bridgehead atoms. The summed E-state index contributed by atoms with van der Waals surface area (Å²) < 4.78 is 14.1. The molecule has 1 aromatic carbocycles. The Bertz CT molecular complexity index is 385. The molecule has 86 valence electrons. The van der Waals surface area contributed by atoms with E-state index in [9.17, 15) is 9.18 Å². The fourth-order valence-electron chi connectivity index (χ4n) is 1.75. The highest BCUT2D eigenvalue weighted by atomic mass is 127. The molecule has 0 saturated carbocycles. The Hall–Kier alpha value is -0.690. The third-order valence-electron chi connectivity index (χ3n) is 2.59. The molecule has 1 fully saturated rings. The Labute approximate surface area is 107 Å². The van der Waals surface area contributed by atoms with Crippen molar-refractivity contribution in [2.24, 2.45) is 0 Å². The van der Waals surface area contributed by atoms with Crippen LogP contribution in [0.2, 0.25) is 0 Å². The Morgan fingerprint density at radius 2 is 2.38 bits per heavy atom. The van der Waals surface area contributed by atoms with Crippen LogP contribution in [0.5, 0.6) is 0 Å². The van der Waals surface area contributed by atoms with Gasteiger partial charge in [0, 0.05) is 16.2 Å². The summed E-state index contributed by atoms with van der Waals surface area (Å²) in [7, 11) is 0. The molecule has 0 spiro atoms. The van der Waals surface area contributed by atoms with Crippen LogP contribution in [-0.4, -0.2) is 25.0 Å². The lowest BCUT2D eigenvalue weighted by atomic mass is 10.1. The highest BCUT2D eigenvalue weighted by molar-refractivity contribution is 14.1. The molecule has 1 atom stereocenters. The first-order valence-corrected chi connectivity index (χ1v) is 6.22. The maximum Gasteiger partial charge on any atom is 0.255 e. The molecule has 1 aliphatic heterocycles. The van der Waals surface area contributed by atoms with Crippen molar-refractivity contribution in [3.05, 3.63) is 33.1 Å². The van der Waals surface area contributed by atoms with Gasteiger partial charge in [0.25, 0.3) is 5.91 Å². The van der Waals surface area contributed by atoms with E-state index in [4.69, 9.17) is 0 Å². The number of carbonyl (C=O) groups is 1. The second-order valence-corrected chi connectivity index (χ2v) is 4.92. The molecular formula is C11H12FIN2O. The normalized spacial score (nSPS) is 19.8. The van der Waals surface area contributed by atoms with E-state index in [0.717, 1.165) is 19.5 Å². The van der Waals surface area contributed by atoms with Gasteiger partial charge in [-0.25, -0.2) is 4.39 Å². The molecule has 0 radical (unpaired) electrons. The molecular weight excluding hydrogens is 322 g/mol. The Kier molecular flexibility index (Phi) is 3.75. The van der Waals surface area contributed by atoms with E-state index in [1.54, 1.807) is 12.1 Å². The van der Waals surface area contributed by atoms with Crippen LogP contribution in [0.15, 0.2) is 18.2 Å². The van der Waals surface area contributed by atoms with Crippen LogP contribution >= 0.6 is 22.6 Å². The number of hydrogen-bond donors (Lipinski definition) is 2. The van der Waals surface area contributed by atoms with E-state index in [0.29, 0.717) is 3.57 Å². The van der Waals surface area contributed by atoms with Gasteiger partial charge < -0.3 is 10.6 Å². The minimum absolute atomic E-state index is 0.114. The summed E-state index contributed by atoms with van der Waals surface area (Å²) in [6.07, 6.45) is 0.900. The third-order valence-corrected chi connectivity index (χ3v) is 3.48. The molecule has 1 heterocycles. The van der Waals surface area contributed by atoms with Crippen molar-refractivity contribution >= 4 is 28.5 Å². The molecule has 2 N–H and O–H groups in total. The molecule has 3 nitrogen and oxygen atoms in total. The van der Waals surface area contributed by atoms with Crippen LogP contribution in [0.1, 0.15) is 16.8 Å². The van der Waals surface area contributed by atoms with Gasteiger partial charge in [-0.15, -0.1) is 0 Å². The second-order valence-electron chi connectivity index (χ2n) is 3.76. The zero-order valence-corrected chi connectivity index (χ0v) is 10.8. The minimum Gasteiger partial charge on any atom is -0.348 e. The summed E-state index contributed by atoms with van der Waals surface area (Å²) in [6, 6.07) is 4.75. The van der Waals surface area contributed by atoms with Gasteiger partial charge in [-0.1, -0.05) is 6.07 Å². The molecule has 16 heavy (non-hydrogen) atoms. The largest absolute Gasteiger partial charge is 0.348 e. The SMILES string of the molecule is O=C(NC1CCNC1)c1c(F)cccc1I. The van der Waals surface area contributed by atoms with Crippen LogP contribution in [0.4, 0.5) is 4.39 Å². The van der Waals surface area contributed by atoms with E-state index in [2.05, 4.69) is 10.6 Å². The highest BCUT2D eigenvalue weighted by Crippen LogP contribution is 2.16. The maximum atomic E-state index is 13.5. The van der Waals surface area contributed by atoms with Crippen molar-refractivity contribution < 1.29 is 9.18 Å². The lowest BCUT2D eigenvalue weighted by Crippen LogP contribution is -2.37. The zero-order valence-electron chi connectivity index (χ0n) is 8.59. The van der Waals surface area contributed by atoms with Gasteiger partial charge in [-0.2, -0.15) is 0 Å². The van der Waals surface area contributed by atoms with Crippen LogP contribution in [0, 0.1) is 9.39 Å². The number of rotatable bonds is 2. The first kappa shape index (κ1) is 11.8. The van der Waals surface area contributed by atoms with Crippen molar-refractivity contribution in [2.45, 2.75) is 12.5 Å². The summed E-state index contributed by atoms with van der Waals surface area (Å²) >= 11 is 1.97. The number of carbonyl (C=O) groups excluding carboxylic acids is 1. The Morgan fingerprint density at radius 1 is 1.56 bits per heavy atom. The predicted octanol–water partition coefficient (Wildman–Crippen LogP) is 1.52. The van der Waals surface area contributed by atoms with E-state index in [-0.39, 0.29) is 17.5 Å². The van der Waals surface area contributed by atoms with Gasteiger partial charge >= 0.3 is 0 Å². The second kappa shape index (κ2) is 5.09. The van der Waals surface area contributed by atoms with Gasteiger partial charge in [0.1, 0.15) is 5.82 Å². The number of amides is 1. The van der Waals surface area contributed by atoms with Gasteiger partial charge in [0.05, 0.1) is 5.56 Å². The van der Waals surface area contributed by atoms with Gasteiger partial charge in [0.15, 0.2) is 0 Å². The Morgan fingerprint density at radius 3 is 3.00 bits per heavy atom. The Balaban J connectivity index is 2.13. The third kappa shape index (κ3) is 2.52. The van der Waals surface area contributed by atoms with Gasteiger partial charge in [-0.05, 0) is 47.7 Å². The van der Waals surface area contributed by atoms with E-state index >= 15 is 0 Å². The minimum atomic E-state index is -0.463. The zero-order chi connectivity index (χ0) is 11.5. The van der Waals surface area contributed by atoms with Gasteiger partial charge in [-0.3, -0.25) is 4.79 Å². The number of hydrogen-bond acceptors (Lipinski definition) is 2. The molecule has 1 aromatic rings. The summed E-state index contributed by atoms with van der Waals surface area (Å²) in [5, 5.41) is 5.98. The standard InChI is InChI=1S/C11H12FIN2O/c12-8-2-1-3-9(13)10(8)11(16)15-7-4-5-14-6-7/h1-3,7,14H,4-6H2,(H,15,16). The average molecular weight is 334 g/mol. The first-order chi connectivity index (χ1) is 7.68. The van der Waals surface area contributed by atoms with Crippen LogP contribution in [-0.2, 0) is 0 Å².